The molecule has 5 heteroatoms. The van der Waals surface area contributed by atoms with Crippen molar-refractivity contribution in [1.29, 1.82) is 0 Å². The van der Waals surface area contributed by atoms with Crippen molar-refractivity contribution < 1.29 is 4.79 Å². The minimum Gasteiger partial charge on any atom is -0.349 e. The Balaban J connectivity index is 1.73. The number of carbonyl (C=O) groups is 1. The van der Waals surface area contributed by atoms with Gasteiger partial charge in [-0.3, -0.25) is 4.79 Å². The second-order valence-corrected chi connectivity index (χ2v) is 7.12. The molecule has 1 unspecified atom stereocenters. The molecule has 0 saturated carbocycles. The van der Waals surface area contributed by atoms with Gasteiger partial charge in [-0.2, -0.15) is 0 Å². The lowest BCUT2D eigenvalue weighted by molar-refractivity contribution is -0.121. The fraction of sp³-hybridized carbons (Fsp3) is 0.235. The zero-order valence-electron chi connectivity index (χ0n) is 11.8. The van der Waals surface area contributed by atoms with Gasteiger partial charge in [-0.05, 0) is 35.7 Å². The average Bonchev–Trinajstić information content (AvgIpc) is 2.51. The van der Waals surface area contributed by atoms with Gasteiger partial charge in [0.15, 0.2) is 0 Å². The number of nitrogens with one attached hydrogen (secondary N) is 1. The van der Waals surface area contributed by atoms with Crippen LogP contribution in [0.25, 0.3) is 0 Å². The van der Waals surface area contributed by atoms with Gasteiger partial charge in [0.1, 0.15) is 0 Å². The third kappa shape index (κ3) is 3.43. The Bertz CT molecular complexity index is 685. The van der Waals surface area contributed by atoms with Crippen LogP contribution < -0.4 is 5.32 Å². The Kier molecular flexibility index (Phi) is 4.97. The molecule has 1 amide bonds. The van der Waals surface area contributed by atoms with Crippen LogP contribution >= 0.6 is 35.0 Å². The molecule has 0 spiro atoms. The van der Waals surface area contributed by atoms with E-state index < -0.39 is 0 Å². The molecule has 0 radical (unpaired) electrons. The Morgan fingerprint density at radius 3 is 2.64 bits per heavy atom. The molecule has 1 atom stereocenters. The van der Waals surface area contributed by atoms with E-state index in [4.69, 9.17) is 23.2 Å². The van der Waals surface area contributed by atoms with Gasteiger partial charge in [-0.25, -0.2) is 0 Å². The van der Waals surface area contributed by atoms with Crippen LogP contribution in [-0.4, -0.2) is 11.7 Å². The molecule has 0 aliphatic carbocycles. The summed E-state index contributed by atoms with van der Waals surface area (Å²) in [5, 5.41) is 4.17. The summed E-state index contributed by atoms with van der Waals surface area (Å²) >= 11 is 14.1. The smallest absolute Gasteiger partial charge is 0.225 e. The summed E-state index contributed by atoms with van der Waals surface area (Å²) in [6, 6.07) is 13.6. The minimum atomic E-state index is -0.0540. The second kappa shape index (κ2) is 6.95. The number of thioether (sulfide) groups is 1. The van der Waals surface area contributed by atoms with Crippen LogP contribution in [-0.2, 0) is 11.2 Å². The highest BCUT2D eigenvalue weighted by Gasteiger charge is 2.22. The number of amides is 1. The summed E-state index contributed by atoms with van der Waals surface area (Å²) < 4.78 is 0. The van der Waals surface area contributed by atoms with Gasteiger partial charge in [0.05, 0.1) is 12.5 Å². The third-order valence-corrected chi connectivity index (χ3v) is 5.52. The van der Waals surface area contributed by atoms with Crippen molar-refractivity contribution in [2.75, 3.05) is 5.75 Å². The maximum atomic E-state index is 12.4. The Morgan fingerprint density at radius 1 is 1.14 bits per heavy atom. The minimum absolute atomic E-state index is 0.0540. The van der Waals surface area contributed by atoms with Gasteiger partial charge < -0.3 is 5.32 Å². The first-order valence-electron chi connectivity index (χ1n) is 7.09. The van der Waals surface area contributed by atoms with E-state index >= 15 is 0 Å². The third-order valence-electron chi connectivity index (χ3n) is 3.69. The normalized spacial score (nSPS) is 16.9. The molecule has 1 aliphatic heterocycles. The number of halogens is 2. The van der Waals surface area contributed by atoms with E-state index in [1.54, 1.807) is 18.2 Å². The van der Waals surface area contributed by atoms with Crippen molar-refractivity contribution in [3.8, 4) is 0 Å². The van der Waals surface area contributed by atoms with Crippen molar-refractivity contribution in [2.45, 2.75) is 23.8 Å². The van der Waals surface area contributed by atoms with E-state index in [1.807, 2.05) is 23.9 Å². The highest BCUT2D eigenvalue weighted by atomic mass is 35.5. The zero-order valence-corrected chi connectivity index (χ0v) is 14.1. The van der Waals surface area contributed by atoms with Crippen molar-refractivity contribution >= 4 is 40.9 Å². The number of rotatable bonds is 3. The molecule has 2 aromatic rings. The second-order valence-electron chi connectivity index (χ2n) is 5.17. The molecule has 0 fully saturated rings. The molecule has 1 aliphatic rings. The van der Waals surface area contributed by atoms with Crippen molar-refractivity contribution in [3.63, 3.8) is 0 Å². The molecule has 2 aromatic carbocycles. The molecule has 114 valence electrons. The maximum Gasteiger partial charge on any atom is 0.225 e. The summed E-state index contributed by atoms with van der Waals surface area (Å²) in [5.41, 5.74) is 1.87. The predicted molar refractivity (Wildman–Crippen MR) is 92.8 cm³/mol. The average molecular weight is 352 g/mol. The maximum absolute atomic E-state index is 12.4. The van der Waals surface area contributed by atoms with Crippen LogP contribution in [0.15, 0.2) is 47.4 Å². The topological polar surface area (TPSA) is 29.1 Å². The summed E-state index contributed by atoms with van der Waals surface area (Å²) in [4.78, 5) is 13.6. The van der Waals surface area contributed by atoms with E-state index in [9.17, 15) is 4.79 Å². The molecular weight excluding hydrogens is 337 g/mol. The molecule has 0 bridgehead atoms. The zero-order chi connectivity index (χ0) is 15.5. The lowest BCUT2D eigenvalue weighted by Gasteiger charge is -2.26. The fourth-order valence-corrected chi connectivity index (χ4v) is 4.26. The van der Waals surface area contributed by atoms with Crippen LogP contribution in [0.4, 0.5) is 0 Å². The van der Waals surface area contributed by atoms with Crippen molar-refractivity contribution in [1.82, 2.24) is 5.32 Å². The molecule has 1 heterocycles. The van der Waals surface area contributed by atoms with Crippen molar-refractivity contribution in [2.24, 2.45) is 0 Å². The molecule has 3 rings (SSSR count). The fourth-order valence-electron chi connectivity index (χ4n) is 2.60. The highest BCUT2D eigenvalue weighted by molar-refractivity contribution is 7.99. The van der Waals surface area contributed by atoms with E-state index in [-0.39, 0.29) is 18.4 Å². The lowest BCUT2D eigenvalue weighted by Crippen LogP contribution is -2.31. The largest absolute Gasteiger partial charge is 0.349 e. The van der Waals surface area contributed by atoms with Crippen LogP contribution in [0.3, 0.4) is 0 Å². The number of hydrogen-bond donors (Lipinski definition) is 1. The van der Waals surface area contributed by atoms with E-state index in [0.717, 1.165) is 12.2 Å². The van der Waals surface area contributed by atoms with E-state index in [2.05, 4.69) is 17.4 Å². The molecule has 0 saturated heterocycles. The van der Waals surface area contributed by atoms with Crippen molar-refractivity contribution in [3.05, 3.63) is 63.6 Å². The number of carbonyl (C=O) groups excluding carboxylic acids is 1. The molecule has 1 N–H and O–H groups in total. The molecule has 2 nitrogen and oxygen atoms in total. The standard InChI is InChI=1S/C17H15Cl2NOS/c18-13-5-3-6-14(19)12(13)10-17(21)20-15-8-9-22-16-7-2-1-4-11(15)16/h1-7,15H,8-10H2,(H,20,21). The number of hydrogen-bond acceptors (Lipinski definition) is 2. The first-order chi connectivity index (χ1) is 10.6. The SMILES string of the molecule is O=C(Cc1c(Cl)cccc1Cl)NC1CCSc2ccccc21. The van der Waals surface area contributed by atoms with E-state index in [0.29, 0.717) is 15.6 Å². The van der Waals surface area contributed by atoms with Crippen LogP contribution in [0, 0.1) is 0 Å². The van der Waals surface area contributed by atoms with Gasteiger partial charge in [0.25, 0.3) is 0 Å². The van der Waals surface area contributed by atoms with Crippen LogP contribution in [0.2, 0.25) is 10.0 Å². The Labute approximate surface area is 144 Å². The van der Waals surface area contributed by atoms with Gasteiger partial charge in [0, 0.05) is 20.7 Å². The van der Waals surface area contributed by atoms with E-state index in [1.165, 1.54) is 10.5 Å². The lowest BCUT2D eigenvalue weighted by atomic mass is 10.0. The highest BCUT2D eigenvalue weighted by Crippen LogP contribution is 2.36. The van der Waals surface area contributed by atoms with Gasteiger partial charge in [0.2, 0.25) is 5.91 Å². The van der Waals surface area contributed by atoms with Gasteiger partial charge in [-0.15, -0.1) is 11.8 Å². The predicted octanol–water partition coefficient (Wildman–Crippen LogP) is 4.89. The van der Waals surface area contributed by atoms with Gasteiger partial charge >= 0.3 is 0 Å². The molecule has 22 heavy (non-hydrogen) atoms. The first-order valence-corrected chi connectivity index (χ1v) is 8.83. The Hall–Kier alpha value is -1.16. The molecular formula is C17H15Cl2NOS. The summed E-state index contributed by atoms with van der Waals surface area (Å²) in [7, 11) is 0. The Morgan fingerprint density at radius 2 is 1.86 bits per heavy atom. The number of fused-ring (bicyclic) bond motifs is 1. The van der Waals surface area contributed by atoms with Crippen LogP contribution in [0.1, 0.15) is 23.6 Å². The molecule has 0 aromatic heterocycles. The monoisotopic (exact) mass is 351 g/mol. The summed E-state index contributed by atoms with van der Waals surface area (Å²) in [5.74, 6) is 0.955. The summed E-state index contributed by atoms with van der Waals surface area (Å²) in [6.07, 6.45) is 1.13. The number of benzene rings is 2. The first kappa shape index (κ1) is 15.7. The van der Waals surface area contributed by atoms with Gasteiger partial charge in [-0.1, -0.05) is 47.5 Å². The van der Waals surface area contributed by atoms with Crippen LogP contribution in [0.5, 0.6) is 0 Å². The quantitative estimate of drug-likeness (QED) is 0.852. The summed E-state index contributed by atoms with van der Waals surface area (Å²) in [6.45, 7) is 0.